The molecule has 1 aliphatic carbocycles. The van der Waals surface area contributed by atoms with E-state index in [1.807, 2.05) is 0 Å². The van der Waals surface area contributed by atoms with Crippen LogP contribution in [-0.2, 0) is 25.2 Å². The molecule has 0 spiro atoms. The van der Waals surface area contributed by atoms with Gasteiger partial charge >= 0.3 is 0 Å². The average molecular weight is 378 g/mol. The molecule has 1 aromatic carbocycles. The fraction of sp³-hybridized carbons (Fsp3) is 0.353. The number of aromatic nitrogens is 1. The Kier molecular flexibility index (Phi) is 4.82. The molecule has 1 heterocycles. The highest BCUT2D eigenvalue weighted by atomic mass is 32.2. The number of ether oxygens (including phenoxy) is 1. The predicted octanol–water partition coefficient (Wildman–Crippen LogP) is 2.97. The van der Waals surface area contributed by atoms with E-state index in [2.05, 4.69) is 0 Å². The zero-order chi connectivity index (χ0) is 18.8. The number of benzene rings is 1. The third kappa shape index (κ3) is 3.10. The maximum Gasteiger partial charge on any atom is 0.294 e. The van der Waals surface area contributed by atoms with Crippen LogP contribution >= 0.6 is 0 Å². The molecule has 1 aliphatic rings. The summed E-state index contributed by atoms with van der Waals surface area (Å²) in [4.78, 5) is 21.2. The third-order valence-electron chi connectivity index (χ3n) is 4.72. The Labute approximate surface area is 150 Å². The number of rotatable bonds is 6. The van der Waals surface area contributed by atoms with Crippen molar-refractivity contribution in [1.82, 2.24) is 3.97 Å². The van der Waals surface area contributed by atoms with Gasteiger partial charge in [-0.05, 0) is 49.9 Å². The summed E-state index contributed by atoms with van der Waals surface area (Å²) >= 11 is 0. The van der Waals surface area contributed by atoms with Crippen molar-refractivity contribution >= 4 is 22.2 Å². The molecule has 0 aliphatic heterocycles. The van der Waals surface area contributed by atoms with E-state index in [-0.39, 0.29) is 10.6 Å². The van der Waals surface area contributed by atoms with E-state index in [4.69, 9.17) is 4.74 Å². The van der Waals surface area contributed by atoms with Crippen molar-refractivity contribution in [1.29, 1.82) is 0 Å². The van der Waals surface area contributed by atoms with E-state index in [1.165, 1.54) is 18.3 Å². The van der Waals surface area contributed by atoms with Crippen molar-refractivity contribution in [3.8, 4) is 0 Å². The molecule has 1 aromatic heterocycles. The van der Waals surface area contributed by atoms with Crippen LogP contribution in [0, 0.1) is 10.1 Å². The van der Waals surface area contributed by atoms with E-state index >= 15 is 0 Å². The van der Waals surface area contributed by atoms with Crippen molar-refractivity contribution in [3.63, 3.8) is 0 Å². The number of nitrogens with zero attached hydrogens (tertiary/aromatic N) is 2. The summed E-state index contributed by atoms with van der Waals surface area (Å²) in [5, 5.41) is 10.8. The number of hydrogen-bond donors (Lipinski definition) is 0. The third-order valence-corrected chi connectivity index (χ3v) is 6.42. The van der Waals surface area contributed by atoms with Crippen LogP contribution in [0.15, 0.2) is 47.5 Å². The monoisotopic (exact) mass is 378 g/mol. The van der Waals surface area contributed by atoms with Gasteiger partial charge in [-0.25, -0.2) is 12.4 Å². The van der Waals surface area contributed by atoms with Gasteiger partial charge in [0.2, 0.25) is 0 Å². The van der Waals surface area contributed by atoms with Crippen LogP contribution in [0.1, 0.15) is 37.8 Å². The zero-order valence-corrected chi connectivity index (χ0v) is 14.7. The first kappa shape index (κ1) is 18.1. The minimum atomic E-state index is -3.98. The summed E-state index contributed by atoms with van der Waals surface area (Å²) in [7, 11) is -3.98. The molecule has 1 fully saturated rings. The number of carbonyl (C=O) groups is 1. The standard InChI is InChI=1S/C17H18N2O6S/c20-13-25-17(10-2-1-3-11-17)16-5-4-12-18(16)26(23,24)15-8-6-14(7-9-15)19(21)22/h4-9,12-13H,1-3,10-11H2. The Hall–Kier alpha value is -2.68. The molecule has 0 unspecified atom stereocenters. The molecular weight excluding hydrogens is 360 g/mol. The molecule has 0 saturated heterocycles. The van der Waals surface area contributed by atoms with Crippen molar-refractivity contribution in [2.45, 2.75) is 42.6 Å². The quantitative estimate of drug-likeness (QED) is 0.434. The van der Waals surface area contributed by atoms with Crippen LogP contribution in [0.3, 0.4) is 0 Å². The highest BCUT2D eigenvalue weighted by molar-refractivity contribution is 7.90. The first-order valence-corrected chi connectivity index (χ1v) is 9.64. The fourth-order valence-corrected chi connectivity index (χ4v) is 4.85. The van der Waals surface area contributed by atoms with Gasteiger partial charge in [-0.3, -0.25) is 14.9 Å². The Bertz CT molecular complexity index is 911. The molecular formula is C17H18N2O6S. The van der Waals surface area contributed by atoms with Crippen molar-refractivity contribution in [3.05, 3.63) is 58.4 Å². The molecule has 1 saturated carbocycles. The smallest absolute Gasteiger partial charge is 0.294 e. The maximum absolute atomic E-state index is 13.0. The van der Waals surface area contributed by atoms with E-state index in [9.17, 15) is 23.3 Å². The van der Waals surface area contributed by atoms with Crippen molar-refractivity contribution < 1.29 is 22.9 Å². The van der Waals surface area contributed by atoms with E-state index < -0.39 is 20.5 Å². The summed E-state index contributed by atoms with van der Waals surface area (Å²) in [6, 6.07) is 7.92. The molecule has 138 valence electrons. The normalized spacial score (nSPS) is 16.8. The Balaban J connectivity index is 2.06. The number of nitro benzene ring substituents is 1. The largest absolute Gasteiger partial charge is 0.455 e. The van der Waals surface area contributed by atoms with Crippen LogP contribution in [0.4, 0.5) is 5.69 Å². The molecule has 0 amide bonds. The summed E-state index contributed by atoms with van der Waals surface area (Å²) in [5.74, 6) is 0. The lowest BCUT2D eigenvalue weighted by Gasteiger charge is -2.36. The summed E-state index contributed by atoms with van der Waals surface area (Å²) in [6.45, 7) is 0.362. The Morgan fingerprint density at radius 2 is 1.77 bits per heavy atom. The summed E-state index contributed by atoms with van der Waals surface area (Å²) in [6.07, 6.45) is 5.15. The summed E-state index contributed by atoms with van der Waals surface area (Å²) < 4.78 is 32.6. The number of non-ortho nitro benzene ring substituents is 1. The number of nitro groups is 1. The van der Waals surface area contributed by atoms with Gasteiger partial charge in [0.05, 0.1) is 15.5 Å². The molecule has 8 nitrogen and oxygen atoms in total. The number of hydrogen-bond acceptors (Lipinski definition) is 6. The van der Waals surface area contributed by atoms with Crippen LogP contribution in [-0.4, -0.2) is 23.8 Å². The van der Waals surface area contributed by atoms with Crippen LogP contribution in [0.25, 0.3) is 0 Å². The molecule has 0 bridgehead atoms. The van der Waals surface area contributed by atoms with E-state index in [0.29, 0.717) is 25.0 Å². The topological polar surface area (TPSA) is 109 Å². The second-order valence-corrected chi connectivity index (χ2v) is 8.03. The van der Waals surface area contributed by atoms with Crippen molar-refractivity contribution in [2.75, 3.05) is 0 Å². The number of carbonyl (C=O) groups excluding carboxylic acids is 1. The SMILES string of the molecule is O=COC1(c2cccn2S(=O)(=O)c2ccc([N+](=O)[O-])cc2)CCCCC1. The van der Waals surface area contributed by atoms with Gasteiger partial charge in [-0.2, -0.15) is 0 Å². The molecule has 2 aromatic rings. The van der Waals surface area contributed by atoms with Gasteiger partial charge in [0.15, 0.2) is 5.60 Å². The lowest BCUT2D eigenvalue weighted by molar-refractivity contribution is -0.384. The first-order valence-electron chi connectivity index (χ1n) is 8.20. The van der Waals surface area contributed by atoms with Gasteiger partial charge < -0.3 is 4.74 Å². The molecule has 3 rings (SSSR count). The van der Waals surface area contributed by atoms with Crippen LogP contribution in [0.2, 0.25) is 0 Å². The molecule has 26 heavy (non-hydrogen) atoms. The second-order valence-electron chi connectivity index (χ2n) is 6.21. The Morgan fingerprint density at radius 1 is 1.12 bits per heavy atom. The highest BCUT2D eigenvalue weighted by Gasteiger charge is 2.40. The predicted molar refractivity (Wildman–Crippen MR) is 92.0 cm³/mol. The lowest BCUT2D eigenvalue weighted by Crippen LogP contribution is -2.35. The van der Waals surface area contributed by atoms with Crippen LogP contribution < -0.4 is 0 Å². The van der Waals surface area contributed by atoms with Crippen LogP contribution in [0.5, 0.6) is 0 Å². The minimum absolute atomic E-state index is 0.0717. The maximum atomic E-state index is 13.0. The van der Waals surface area contributed by atoms with Gasteiger partial charge in [-0.1, -0.05) is 6.42 Å². The molecule has 0 radical (unpaired) electrons. The van der Waals surface area contributed by atoms with Gasteiger partial charge in [0, 0.05) is 18.3 Å². The zero-order valence-electron chi connectivity index (χ0n) is 13.9. The van der Waals surface area contributed by atoms with E-state index in [0.717, 1.165) is 35.4 Å². The van der Waals surface area contributed by atoms with E-state index in [1.54, 1.807) is 12.1 Å². The molecule has 0 N–H and O–H groups in total. The summed E-state index contributed by atoms with van der Waals surface area (Å²) in [5.41, 5.74) is -0.774. The Morgan fingerprint density at radius 3 is 2.35 bits per heavy atom. The second kappa shape index (κ2) is 6.91. The fourth-order valence-electron chi connectivity index (χ4n) is 3.43. The minimum Gasteiger partial charge on any atom is -0.455 e. The molecule has 0 atom stereocenters. The van der Waals surface area contributed by atoms with Gasteiger partial charge in [-0.15, -0.1) is 0 Å². The average Bonchev–Trinajstić information content (AvgIpc) is 3.14. The van der Waals surface area contributed by atoms with Gasteiger partial charge in [0.25, 0.3) is 22.2 Å². The first-order chi connectivity index (χ1) is 12.4. The highest BCUT2D eigenvalue weighted by Crippen LogP contribution is 2.41. The van der Waals surface area contributed by atoms with Gasteiger partial charge in [0.1, 0.15) is 0 Å². The van der Waals surface area contributed by atoms with Crippen molar-refractivity contribution in [2.24, 2.45) is 0 Å². The lowest BCUT2D eigenvalue weighted by atomic mass is 9.82. The molecule has 9 heteroatoms.